The Labute approximate surface area is 109 Å². The van der Waals surface area contributed by atoms with Gasteiger partial charge in [-0.3, -0.25) is 0 Å². The first-order chi connectivity index (χ1) is 7.44. The van der Waals surface area contributed by atoms with Crippen LogP contribution in [0.25, 0.3) is 0 Å². The highest BCUT2D eigenvalue weighted by atomic mass is 19.1. The summed E-state index contributed by atoms with van der Waals surface area (Å²) in [5.74, 6) is -1.57. The van der Waals surface area contributed by atoms with E-state index in [1.165, 1.54) is 14.2 Å². The topological polar surface area (TPSA) is 52.6 Å². The lowest BCUT2D eigenvalue weighted by Crippen LogP contribution is -2.15. The molecule has 0 heterocycles. The maximum absolute atomic E-state index is 12.1. The fourth-order valence-corrected chi connectivity index (χ4v) is 0.589. The number of hydrogen-bond acceptors (Lipinski definition) is 4. The van der Waals surface area contributed by atoms with Crippen LogP contribution < -0.4 is 0 Å². The van der Waals surface area contributed by atoms with E-state index in [4.69, 9.17) is 0 Å². The van der Waals surface area contributed by atoms with Crippen molar-refractivity contribution in [2.75, 3.05) is 14.2 Å². The Hall–Kier alpha value is -1.20. The van der Waals surface area contributed by atoms with Crippen molar-refractivity contribution >= 4 is 11.9 Å². The Morgan fingerprint density at radius 3 is 1.17 bits per heavy atom. The standard InChI is InChI=1S/2C5H9FO2.2CH4/c2*1-3-4(6)5(7)8-2;;/h2*4H,3H2,1-2H3;2*1H4. The van der Waals surface area contributed by atoms with E-state index >= 15 is 0 Å². The number of carbonyl (C=O) groups excluding carboxylic acids is 2. The number of halogens is 2. The number of carbonyl (C=O) groups is 2. The number of methoxy groups -OCH3 is 2. The van der Waals surface area contributed by atoms with Gasteiger partial charge >= 0.3 is 11.9 Å². The first-order valence-electron chi connectivity index (χ1n) is 4.88. The molecule has 2 atom stereocenters. The number of alkyl halides is 2. The van der Waals surface area contributed by atoms with Crippen molar-refractivity contribution in [1.82, 2.24) is 0 Å². The van der Waals surface area contributed by atoms with E-state index in [1.54, 1.807) is 13.8 Å². The van der Waals surface area contributed by atoms with Crippen LogP contribution in [0.4, 0.5) is 8.78 Å². The van der Waals surface area contributed by atoms with Gasteiger partial charge in [-0.1, -0.05) is 28.7 Å². The summed E-state index contributed by atoms with van der Waals surface area (Å²) in [7, 11) is 2.34. The molecule has 18 heavy (non-hydrogen) atoms. The third-order valence-electron chi connectivity index (χ3n) is 1.63. The van der Waals surface area contributed by atoms with E-state index in [9.17, 15) is 18.4 Å². The van der Waals surface area contributed by atoms with Gasteiger partial charge in [-0.05, 0) is 12.8 Å². The fraction of sp³-hybridized carbons (Fsp3) is 0.833. The quantitative estimate of drug-likeness (QED) is 0.738. The maximum Gasteiger partial charge on any atom is 0.340 e. The lowest BCUT2D eigenvalue weighted by Gasteiger charge is -1.99. The molecule has 0 bridgehead atoms. The highest BCUT2D eigenvalue weighted by Crippen LogP contribution is 1.97. The molecule has 0 amide bonds. The number of esters is 2. The molecular weight excluding hydrogens is 246 g/mol. The number of ether oxygens (including phenoxy) is 2. The van der Waals surface area contributed by atoms with Crippen LogP contribution >= 0.6 is 0 Å². The van der Waals surface area contributed by atoms with E-state index in [1.807, 2.05) is 0 Å². The molecule has 0 spiro atoms. The van der Waals surface area contributed by atoms with Gasteiger partial charge in [0.1, 0.15) is 0 Å². The summed E-state index contributed by atoms with van der Waals surface area (Å²) in [5, 5.41) is 0. The van der Waals surface area contributed by atoms with Gasteiger partial charge in [0.2, 0.25) is 0 Å². The predicted molar refractivity (Wildman–Crippen MR) is 67.9 cm³/mol. The molecule has 0 N–H and O–H groups in total. The third-order valence-corrected chi connectivity index (χ3v) is 1.63. The van der Waals surface area contributed by atoms with Crippen molar-refractivity contribution in [1.29, 1.82) is 0 Å². The molecule has 0 saturated carbocycles. The zero-order valence-electron chi connectivity index (χ0n) is 9.96. The zero-order valence-corrected chi connectivity index (χ0v) is 9.96. The average Bonchev–Trinajstić information content (AvgIpc) is 2.35. The van der Waals surface area contributed by atoms with Crippen molar-refractivity contribution in [3.8, 4) is 0 Å². The van der Waals surface area contributed by atoms with Crippen LogP contribution in [0.1, 0.15) is 41.5 Å². The molecule has 0 aromatic rings. The van der Waals surface area contributed by atoms with Crippen molar-refractivity contribution in [2.24, 2.45) is 0 Å². The summed E-state index contributed by atoms with van der Waals surface area (Å²) in [6.07, 6.45) is -2.51. The van der Waals surface area contributed by atoms with Crippen LogP contribution in [-0.2, 0) is 19.1 Å². The largest absolute Gasteiger partial charge is 0.467 e. The maximum atomic E-state index is 12.1. The third kappa shape index (κ3) is 12.9. The van der Waals surface area contributed by atoms with E-state index in [-0.39, 0.29) is 27.7 Å². The first-order valence-corrected chi connectivity index (χ1v) is 4.88. The minimum Gasteiger partial charge on any atom is -0.467 e. The van der Waals surface area contributed by atoms with Gasteiger partial charge in [0.15, 0.2) is 12.3 Å². The Kier molecular flexibility index (Phi) is 22.5. The summed E-state index contributed by atoms with van der Waals surface area (Å²) in [4.78, 5) is 20.3. The SMILES string of the molecule is C.C.CCC(F)C(=O)OC.CCC(F)C(=O)OC. The summed E-state index contributed by atoms with van der Waals surface area (Å²) in [6.45, 7) is 3.17. The number of hydrogen-bond donors (Lipinski definition) is 0. The van der Waals surface area contributed by atoms with Crippen LogP contribution in [0.3, 0.4) is 0 Å². The molecular formula is C12H26F2O4. The van der Waals surface area contributed by atoms with Crippen LogP contribution in [0.15, 0.2) is 0 Å². The lowest BCUT2D eigenvalue weighted by atomic mass is 10.3. The Morgan fingerprint density at radius 2 is 1.11 bits per heavy atom. The van der Waals surface area contributed by atoms with Gasteiger partial charge in [-0.25, -0.2) is 18.4 Å². The van der Waals surface area contributed by atoms with Crippen LogP contribution in [0, 0.1) is 0 Å². The molecule has 0 aliphatic carbocycles. The molecule has 0 aliphatic rings. The number of rotatable bonds is 4. The van der Waals surface area contributed by atoms with E-state index in [2.05, 4.69) is 9.47 Å². The molecule has 0 saturated heterocycles. The van der Waals surface area contributed by atoms with Crippen LogP contribution in [-0.4, -0.2) is 38.5 Å². The lowest BCUT2D eigenvalue weighted by molar-refractivity contribution is -0.147. The van der Waals surface area contributed by atoms with Crippen LogP contribution in [0.2, 0.25) is 0 Å². The summed E-state index contributed by atoms with van der Waals surface area (Å²) in [6, 6.07) is 0. The normalized spacial score (nSPS) is 11.4. The summed E-state index contributed by atoms with van der Waals surface area (Å²) >= 11 is 0. The van der Waals surface area contributed by atoms with E-state index < -0.39 is 24.3 Å². The molecule has 0 fully saturated rings. The zero-order chi connectivity index (χ0) is 13.1. The first kappa shape index (κ1) is 25.6. The highest BCUT2D eigenvalue weighted by molar-refractivity contribution is 5.74. The molecule has 0 aromatic heterocycles. The van der Waals surface area contributed by atoms with Gasteiger partial charge in [0, 0.05) is 0 Å². The molecule has 0 rings (SSSR count). The second-order valence-electron chi connectivity index (χ2n) is 2.80. The monoisotopic (exact) mass is 272 g/mol. The molecule has 4 nitrogen and oxygen atoms in total. The second kappa shape index (κ2) is 15.8. The minimum absolute atomic E-state index is 0. The van der Waals surface area contributed by atoms with Crippen molar-refractivity contribution in [2.45, 2.75) is 53.9 Å². The minimum atomic E-state index is -1.44. The van der Waals surface area contributed by atoms with Crippen LogP contribution in [0.5, 0.6) is 0 Å². The van der Waals surface area contributed by atoms with Crippen molar-refractivity contribution < 1.29 is 27.8 Å². The average molecular weight is 272 g/mol. The summed E-state index contributed by atoms with van der Waals surface area (Å²) < 4.78 is 32.3. The smallest absolute Gasteiger partial charge is 0.340 e. The molecule has 112 valence electrons. The van der Waals surface area contributed by atoms with Gasteiger partial charge in [0.05, 0.1) is 14.2 Å². The molecule has 0 aliphatic heterocycles. The van der Waals surface area contributed by atoms with E-state index in [0.717, 1.165) is 0 Å². The second-order valence-corrected chi connectivity index (χ2v) is 2.80. The Balaban J connectivity index is -0.0000000980. The molecule has 2 unspecified atom stereocenters. The molecule has 6 heteroatoms. The van der Waals surface area contributed by atoms with Crippen molar-refractivity contribution in [3.05, 3.63) is 0 Å². The van der Waals surface area contributed by atoms with Crippen molar-refractivity contribution in [3.63, 3.8) is 0 Å². The summed E-state index contributed by atoms with van der Waals surface area (Å²) in [5.41, 5.74) is 0. The predicted octanol–water partition coefficient (Wildman–Crippen LogP) is 3.09. The highest BCUT2D eigenvalue weighted by Gasteiger charge is 2.13. The molecule has 0 radical (unpaired) electrons. The molecule has 0 aromatic carbocycles. The van der Waals surface area contributed by atoms with Gasteiger partial charge in [-0.15, -0.1) is 0 Å². The Morgan fingerprint density at radius 1 is 0.889 bits per heavy atom. The van der Waals surface area contributed by atoms with Gasteiger partial charge in [0.25, 0.3) is 0 Å². The van der Waals surface area contributed by atoms with Gasteiger partial charge < -0.3 is 9.47 Å². The van der Waals surface area contributed by atoms with E-state index in [0.29, 0.717) is 0 Å². The van der Waals surface area contributed by atoms with Gasteiger partial charge in [-0.2, -0.15) is 0 Å². The Bertz CT molecular complexity index is 188. The fourth-order valence-electron chi connectivity index (χ4n) is 0.589.